The monoisotopic (exact) mass is 339 g/mol. The number of hydrogen-bond donors (Lipinski definition) is 1. The maximum Gasteiger partial charge on any atom is 0.238 e. The van der Waals surface area contributed by atoms with Crippen molar-refractivity contribution in [2.75, 3.05) is 0 Å². The summed E-state index contributed by atoms with van der Waals surface area (Å²) in [4.78, 5) is 8.42. The topological polar surface area (TPSA) is 47.0 Å². The number of benzene rings is 1. The van der Waals surface area contributed by atoms with Crippen molar-refractivity contribution in [3.63, 3.8) is 0 Å². The molecule has 1 aromatic heterocycles. The highest BCUT2D eigenvalue weighted by Crippen LogP contribution is 2.25. The Morgan fingerprint density at radius 3 is 2.85 bits per heavy atom. The van der Waals surface area contributed by atoms with Gasteiger partial charge in [0.1, 0.15) is 11.6 Å². The molecule has 0 atom stereocenters. The van der Waals surface area contributed by atoms with Crippen LogP contribution in [0.3, 0.4) is 0 Å². The first-order valence-electron chi connectivity index (χ1n) is 6.22. The second-order valence-corrected chi connectivity index (χ2v) is 5.42. The smallest absolute Gasteiger partial charge is 0.238 e. The summed E-state index contributed by atoms with van der Waals surface area (Å²) in [6.07, 6.45) is 3.21. The summed E-state index contributed by atoms with van der Waals surface area (Å²) >= 11 is 3.11. The zero-order chi connectivity index (χ0) is 14.5. The van der Waals surface area contributed by atoms with Crippen LogP contribution in [0, 0.1) is 5.82 Å². The minimum atomic E-state index is -0.335. The summed E-state index contributed by atoms with van der Waals surface area (Å²) in [6, 6.07) is 4.79. The van der Waals surface area contributed by atoms with Crippen LogP contribution in [0.5, 0.6) is 11.6 Å². The van der Waals surface area contributed by atoms with Crippen molar-refractivity contribution in [3.8, 4) is 11.6 Å². The number of hydrogen-bond acceptors (Lipinski definition) is 4. The molecule has 0 aliphatic heterocycles. The van der Waals surface area contributed by atoms with Crippen LogP contribution in [-0.2, 0) is 6.54 Å². The molecule has 0 amide bonds. The zero-order valence-corrected chi connectivity index (χ0v) is 12.8. The fraction of sp³-hybridized carbons (Fsp3) is 0.286. The number of nitrogens with zero attached hydrogens (tertiary/aromatic N) is 2. The second-order valence-electron chi connectivity index (χ2n) is 4.56. The second kappa shape index (κ2) is 6.76. The van der Waals surface area contributed by atoms with Crippen LogP contribution in [-0.4, -0.2) is 16.0 Å². The van der Waals surface area contributed by atoms with Gasteiger partial charge in [-0.05, 0) is 34.1 Å². The molecule has 1 heterocycles. The lowest BCUT2D eigenvalue weighted by atomic mass is 10.3. The van der Waals surface area contributed by atoms with Crippen LogP contribution < -0.4 is 10.1 Å². The van der Waals surface area contributed by atoms with Crippen molar-refractivity contribution in [3.05, 3.63) is 46.6 Å². The zero-order valence-electron chi connectivity index (χ0n) is 11.2. The molecule has 6 heteroatoms. The lowest BCUT2D eigenvalue weighted by molar-refractivity contribution is 0.453. The molecule has 0 aliphatic carbocycles. The van der Waals surface area contributed by atoms with Crippen molar-refractivity contribution < 1.29 is 9.13 Å². The van der Waals surface area contributed by atoms with Gasteiger partial charge in [0.15, 0.2) is 0 Å². The van der Waals surface area contributed by atoms with E-state index in [-0.39, 0.29) is 5.82 Å². The lowest BCUT2D eigenvalue weighted by Crippen LogP contribution is -2.22. The maximum absolute atomic E-state index is 13.1. The molecular formula is C14H15BrFN3O. The summed E-state index contributed by atoms with van der Waals surface area (Å²) in [5.41, 5.74) is 0.789. The standard InChI is InChI=1S/C14H15BrFN3O/c1-9(2)18-7-10-6-17-8-14(19-10)20-11-3-4-13(16)12(15)5-11/h3-6,8-9,18H,7H2,1-2H3. The predicted octanol–water partition coefficient (Wildman–Crippen LogP) is 3.67. The van der Waals surface area contributed by atoms with E-state index in [1.165, 1.54) is 12.3 Å². The van der Waals surface area contributed by atoms with E-state index in [0.29, 0.717) is 28.7 Å². The Kier molecular flexibility index (Phi) is 5.03. The van der Waals surface area contributed by atoms with Crippen LogP contribution in [0.25, 0.3) is 0 Å². The SMILES string of the molecule is CC(C)NCc1cncc(Oc2ccc(F)c(Br)c2)n1. The first-order chi connectivity index (χ1) is 9.54. The highest BCUT2D eigenvalue weighted by atomic mass is 79.9. The molecule has 0 radical (unpaired) electrons. The van der Waals surface area contributed by atoms with Gasteiger partial charge in [-0.2, -0.15) is 0 Å². The highest BCUT2D eigenvalue weighted by molar-refractivity contribution is 9.10. The molecule has 0 saturated carbocycles. The molecule has 0 fully saturated rings. The van der Waals surface area contributed by atoms with Crippen LogP contribution >= 0.6 is 15.9 Å². The summed E-state index contributed by atoms with van der Waals surface area (Å²) in [5.74, 6) is 0.548. The van der Waals surface area contributed by atoms with E-state index in [1.807, 2.05) is 0 Å². The van der Waals surface area contributed by atoms with Gasteiger partial charge in [0, 0.05) is 18.8 Å². The van der Waals surface area contributed by atoms with Crippen LogP contribution in [0.4, 0.5) is 4.39 Å². The van der Waals surface area contributed by atoms with E-state index in [4.69, 9.17) is 4.74 Å². The van der Waals surface area contributed by atoms with Gasteiger partial charge in [-0.25, -0.2) is 9.37 Å². The van der Waals surface area contributed by atoms with Crippen LogP contribution in [0.2, 0.25) is 0 Å². The van der Waals surface area contributed by atoms with Gasteiger partial charge in [-0.3, -0.25) is 4.98 Å². The largest absolute Gasteiger partial charge is 0.437 e. The van der Waals surface area contributed by atoms with Crippen molar-refractivity contribution in [2.45, 2.75) is 26.4 Å². The predicted molar refractivity (Wildman–Crippen MR) is 78.2 cm³/mol. The van der Waals surface area contributed by atoms with Gasteiger partial charge in [0.25, 0.3) is 0 Å². The summed E-state index contributed by atoms with van der Waals surface area (Å²) in [6.45, 7) is 4.74. The van der Waals surface area contributed by atoms with Gasteiger partial charge < -0.3 is 10.1 Å². The molecule has 4 nitrogen and oxygen atoms in total. The molecule has 0 aliphatic rings. The summed E-state index contributed by atoms with van der Waals surface area (Å²) in [5, 5.41) is 3.25. The molecule has 0 bridgehead atoms. The van der Waals surface area contributed by atoms with Gasteiger partial charge in [-0.15, -0.1) is 0 Å². The molecule has 2 rings (SSSR count). The molecule has 0 spiro atoms. The first-order valence-corrected chi connectivity index (χ1v) is 7.01. The number of rotatable bonds is 5. The minimum Gasteiger partial charge on any atom is -0.437 e. The normalized spacial score (nSPS) is 10.8. The van der Waals surface area contributed by atoms with E-state index >= 15 is 0 Å². The molecule has 106 valence electrons. The third kappa shape index (κ3) is 4.25. The molecule has 0 saturated heterocycles. The first kappa shape index (κ1) is 14.9. The van der Waals surface area contributed by atoms with E-state index in [1.54, 1.807) is 18.3 Å². The van der Waals surface area contributed by atoms with Crippen LogP contribution in [0.1, 0.15) is 19.5 Å². The molecule has 1 aromatic carbocycles. The summed E-state index contributed by atoms with van der Waals surface area (Å²) in [7, 11) is 0. The van der Waals surface area contributed by atoms with Crippen molar-refractivity contribution in [1.82, 2.24) is 15.3 Å². The molecule has 0 unspecified atom stereocenters. The third-order valence-electron chi connectivity index (χ3n) is 2.47. The van der Waals surface area contributed by atoms with E-state index in [2.05, 4.69) is 45.1 Å². The number of nitrogens with one attached hydrogen (secondary N) is 1. The Morgan fingerprint density at radius 1 is 1.35 bits per heavy atom. The summed E-state index contributed by atoms with van der Waals surface area (Å²) < 4.78 is 19.1. The van der Waals surface area contributed by atoms with Crippen molar-refractivity contribution in [2.24, 2.45) is 0 Å². The van der Waals surface area contributed by atoms with Crippen LogP contribution in [0.15, 0.2) is 35.1 Å². The fourth-order valence-electron chi connectivity index (χ4n) is 1.49. The Hall–Kier alpha value is -1.53. The average molecular weight is 340 g/mol. The molecular weight excluding hydrogens is 325 g/mol. The maximum atomic E-state index is 13.1. The lowest BCUT2D eigenvalue weighted by Gasteiger charge is -2.09. The Morgan fingerprint density at radius 2 is 2.15 bits per heavy atom. The van der Waals surface area contributed by atoms with E-state index in [9.17, 15) is 4.39 Å². The Bertz CT molecular complexity index is 592. The van der Waals surface area contributed by atoms with Crippen molar-refractivity contribution in [1.29, 1.82) is 0 Å². The van der Waals surface area contributed by atoms with Gasteiger partial charge in [-0.1, -0.05) is 13.8 Å². The average Bonchev–Trinajstić information content (AvgIpc) is 2.41. The Balaban J connectivity index is 2.08. The number of halogens is 2. The van der Waals surface area contributed by atoms with Gasteiger partial charge >= 0.3 is 0 Å². The van der Waals surface area contributed by atoms with E-state index in [0.717, 1.165) is 5.69 Å². The van der Waals surface area contributed by atoms with Crippen molar-refractivity contribution >= 4 is 15.9 Å². The van der Waals surface area contributed by atoms with Gasteiger partial charge in [0.2, 0.25) is 5.88 Å². The highest BCUT2D eigenvalue weighted by Gasteiger charge is 2.05. The molecule has 2 aromatic rings. The number of ether oxygens (including phenoxy) is 1. The Labute approximate surface area is 125 Å². The third-order valence-corrected chi connectivity index (χ3v) is 3.07. The quantitative estimate of drug-likeness (QED) is 0.902. The molecule has 20 heavy (non-hydrogen) atoms. The number of aromatic nitrogens is 2. The van der Waals surface area contributed by atoms with Gasteiger partial charge in [0.05, 0.1) is 16.4 Å². The molecule has 1 N–H and O–H groups in total. The fourth-order valence-corrected chi connectivity index (χ4v) is 1.85. The van der Waals surface area contributed by atoms with E-state index < -0.39 is 0 Å². The minimum absolute atomic E-state index is 0.335.